The quantitative estimate of drug-likeness (QED) is 0.608. The van der Waals surface area contributed by atoms with Crippen molar-refractivity contribution in [2.75, 3.05) is 4.90 Å². The molecule has 1 fully saturated rings. The highest BCUT2D eigenvalue weighted by Gasteiger charge is 2.50. The Hall–Kier alpha value is -2.28. The molecule has 2 aliphatic rings. The van der Waals surface area contributed by atoms with Crippen LogP contribution < -0.4 is 4.90 Å². The molecule has 0 saturated carbocycles. The van der Waals surface area contributed by atoms with Gasteiger partial charge in [-0.3, -0.25) is 0 Å². The molecule has 0 amide bonds. The highest BCUT2D eigenvalue weighted by Crippen LogP contribution is 2.51. The Kier molecular flexibility index (Phi) is 4.25. The lowest BCUT2D eigenvalue weighted by Crippen LogP contribution is -2.04. The molecule has 1 heterocycles. The largest absolute Gasteiger partial charge is 0.353 e. The third-order valence-corrected chi connectivity index (χ3v) is 5.64. The van der Waals surface area contributed by atoms with E-state index in [9.17, 15) is 0 Å². The van der Waals surface area contributed by atoms with Crippen LogP contribution in [0.5, 0.6) is 0 Å². The zero-order chi connectivity index (χ0) is 17.4. The third-order valence-electron chi connectivity index (χ3n) is 5.64. The standard InChI is InChI=1S/C24H27N/c1-4-19-9-13-21(14-10-19)24-23(20-11-5-17(2)6-12-20)25(24)22-15-7-18(3)8-16-22/h5,7-11,13-16,23-24H,4,6,12H2,1-3H3. The number of hydrogen-bond donors (Lipinski definition) is 0. The minimum atomic E-state index is 0.478. The van der Waals surface area contributed by atoms with E-state index >= 15 is 0 Å². The lowest BCUT2D eigenvalue weighted by Gasteiger charge is -2.12. The Morgan fingerprint density at radius 1 is 0.840 bits per heavy atom. The second-order valence-corrected chi connectivity index (χ2v) is 7.48. The second kappa shape index (κ2) is 6.55. The van der Waals surface area contributed by atoms with Crippen LogP contribution in [-0.2, 0) is 6.42 Å². The summed E-state index contributed by atoms with van der Waals surface area (Å²) in [6, 6.07) is 19.2. The predicted molar refractivity (Wildman–Crippen MR) is 107 cm³/mol. The number of allylic oxidation sites excluding steroid dienone is 3. The fourth-order valence-corrected chi connectivity index (χ4v) is 3.95. The minimum absolute atomic E-state index is 0.478. The topological polar surface area (TPSA) is 3.01 Å². The van der Waals surface area contributed by atoms with Crippen molar-refractivity contribution in [1.82, 2.24) is 0 Å². The van der Waals surface area contributed by atoms with Gasteiger partial charge in [-0.25, -0.2) is 0 Å². The molecule has 2 aromatic rings. The first-order chi connectivity index (χ1) is 12.2. The molecule has 0 N–H and O–H groups in total. The monoisotopic (exact) mass is 329 g/mol. The predicted octanol–water partition coefficient (Wildman–Crippen LogP) is 6.15. The molecule has 0 radical (unpaired) electrons. The van der Waals surface area contributed by atoms with Crippen LogP contribution in [0.4, 0.5) is 5.69 Å². The van der Waals surface area contributed by atoms with E-state index in [4.69, 9.17) is 0 Å². The first-order valence-corrected chi connectivity index (χ1v) is 9.47. The lowest BCUT2D eigenvalue weighted by molar-refractivity contribution is 0.854. The van der Waals surface area contributed by atoms with Crippen molar-refractivity contribution in [3.8, 4) is 0 Å². The normalized spacial score (nSPS) is 22.4. The smallest absolute Gasteiger partial charge is 0.0792 e. The van der Waals surface area contributed by atoms with E-state index in [1.807, 2.05) is 0 Å². The molecule has 1 nitrogen and oxygen atoms in total. The van der Waals surface area contributed by atoms with Gasteiger partial charge in [0.05, 0.1) is 12.1 Å². The van der Waals surface area contributed by atoms with Gasteiger partial charge >= 0.3 is 0 Å². The van der Waals surface area contributed by atoms with Crippen LogP contribution in [0, 0.1) is 6.92 Å². The average Bonchev–Trinajstić information content (AvgIpc) is 3.38. The fraction of sp³-hybridized carbons (Fsp3) is 0.333. The zero-order valence-electron chi connectivity index (χ0n) is 15.5. The fourth-order valence-electron chi connectivity index (χ4n) is 3.95. The summed E-state index contributed by atoms with van der Waals surface area (Å²) in [7, 11) is 0. The molecule has 1 aliphatic heterocycles. The molecule has 2 aromatic carbocycles. The molecule has 0 bridgehead atoms. The maximum atomic E-state index is 2.58. The van der Waals surface area contributed by atoms with Crippen LogP contribution in [-0.4, -0.2) is 6.04 Å². The van der Waals surface area contributed by atoms with Gasteiger partial charge in [0.15, 0.2) is 0 Å². The first-order valence-electron chi connectivity index (χ1n) is 9.47. The molecule has 0 aromatic heterocycles. The van der Waals surface area contributed by atoms with E-state index in [-0.39, 0.29) is 0 Å². The van der Waals surface area contributed by atoms with Crippen LogP contribution in [0.1, 0.15) is 49.4 Å². The Balaban J connectivity index is 1.67. The molecule has 1 saturated heterocycles. The zero-order valence-corrected chi connectivity index (χ0v) is 15.5. The van der Waals surface area contributed by atoms with E-state index in [0.29, 0.717) is 12.1 Å². The summed E-state index contributed by atoms with van der Waals surface area (Å²) in [6.45, 7) is 6.61. The van der Waals surface area contributed by atoms with E-state index in [2.05, 4.69) is 86.4 Å². The minimum Gasteiger partial charge on any atom is -0.353 e. The Labute approximate surface area is 151 Å². The second-order valence-electron chi connectivity index (χ2n) is 7.48. The summed E-state index contributed by atoms with van der Waals surface area (Å²) in [4.78, 5) is 2.58. The van der Waals surface area contributed by atoms with Gasteiger partial charge in [0.1, 0.15) is 0 Å². The van der Waals surface area contributed by atoms with Crippen molar-refractivity contribution >= 4 is 5.69 Å². The van der Waals surface area contributed by atoms with Gasteiger partial charge in [-0.1, -0.05) is 66.6 Å². The number of anilines is 1. The van der Waals surface area contributed by atoms with Crippen molar-refractivity contribution in [3.05, 3.63) is 88.5 Å². The van der Waals surface area contributed by atoms with Crippen LogP contribution in [0.3, 0.4) is 0 Å². The van der Waals surface area contributed by atoms with Crippen LogP contribution in [0.15, 0.2) is 71.8 Å². The Morgan fingerprint density at radius 2 is 1.56 bits per heavy atom. The molecule has 1 aliphatic carbocycles. The molecule has 2 atom stereocenters. The van der Waals surface area contributed by atoms with Gasteiger partial charge in [0.2, 0.25) is 0 Å². The molecule has 128 valence electrons. The van der Waals surface area contributed by atoms with E-state index in [1.54, 1.807) is 5.57 Å². The van der Waals surface area contributed by atoms with E-state index < -0.39 is 0 Å². The van der Waals surface area contributed by atoms with Gasteiger partial charge < -0.3 is 4.90 Å². The highest BCUT2D eigenvalue weighted by molar-refractivity contribution is 5.64. The summed E-state index contributed by atoms with van der Waals surface area (Å²) in [5.74, 6) is 0. The first kappa shape index (κ1) is 16.2. The summed E-state index contributed by atoms with van der Waals surface area (Å²) < 4.78 is 0. The van der Waals surface area contributed by atoms with Crippen molar-refractivity contribution in [1.29, 1.82) is 0 Å². The van der Waals surface area contributed by atoms with Gasteiger partial charge in [0, 0.05) is 5.69 Å². The van der Waals surface area contributed by atoms with Crippen LogP contribution in [0.2, 0.25) is 0 Å². The summed E-state index contributed by atoms with van der Waals surface area (Å²) in [5, 5.41) is 0. The van der Waals surface area contributed by atoms with Gasteiger partial charge in [0.25, 0.3) is 0 Å². The summed E-state index contributed by atoms with van der Waals surface area (Å²) in [6.07, 6.45) is 8.17. The molecule has 2 unspecified atom stereocenters. The number of benzene rings is 2. The molecule has 25 heavy (non-hydrogen) atoms. The lowest BCUT2D eigenvalue weighted by atomic mass is 9.94. The maximum Gasteiger partial charge on any atom is 0.0792 e. The van der Waals surface area contributed by atoms with E-state index in [1.165, 1.54) is 40.8 Å². The third kappa shape index (κ3) is 3.16. The number of nitrogens with zero attached hydrogens (tertiary/aromatic N) is 1. The number of rotatable bonds is 4. The molecular weight excluding hydrogens is 302 g/mol. The SMILES string of the molecule is CCc1ccc(C2C(C3=CC=C(C)CC3)N2c2ccc(C)cc2)cc1. The summed E-state index contributed by atoms with van der Waals surface area (Å²) >= 11 is 0. The highest BCUT2D eigenvalue weighted by atomic mass is 15.4. The molecule has 0 spiro atoms. The average molecular weight is 329 g/mol. The van der Waals surface area contributed by atoms with Gasteiger partial charge in [-0.05, 0) is 61.9 Å². The van der Waals surface area contributed by atoms with Gasteiger partial charge in [-0.2, -0.15) is 0 Å². The number of aryl methyl sites for hydroxylation is 2. The van der Waals surface area contributed by atoms with Crippen molar-refractivity contribution in [3.63, 3.8) is 0 Å². The molecular formula is C24H27N. The Morgan fingerprint density at radius 3 is 2.16 bits per heavy atom. The number of hydrogen-bond acceptors (Lipinski definition) is 1. The van der Waals surface area contributed by atoms with Crippen LogP contribution >= 0.6 is 0 Å². The van der Waals surface area contributed by atoms with Crippen molar-refractivity contribution < 1.29 is 0 Å². The van der Waals surface area contributed by atoms with Gasteiger partial charge in [-0.15, -0.1) is 0 Å². The van der Waals surface area contributed by atoms with E-state index in [0.717, 1.165) is 6.42 Å². The Bertz CT molecular complexity index is 808. The van der Waals surface area contributed by atoms with Crippen molar-refractivity contribution in [2.45, 2.75) is 52.1 Å². The van der Waals surface area contributed by atoms with Crippen LogP contribution in [0.25, 0.3) is 0 Å². The maximum absolute atomic E-state index is 2.58. The molecule has 4 rings (SSSR count). The van der Waals surface area contributed by atoms with Crippen molar-refractivity contribution in [2.24, 2.45) is 0 Å². The molecule has 1 heteroatoms. The summed E-state index contributed by atoms with van der Waals surface area (Å²) in [5.41, 5.74) is 8.59.